The van der Waals surface area contributed by atoms with Crippen LogP contribution in [-0.2, 0) is 0 Å². The molecule has 1 fully saturated rings. The molecule has 1 heterocycles. The molecular formula is C14H18ClN3. The first kappa shape index (κ1) is 13.2. The zero-order valence-corrected chi connectivity index (χ0v) is 11.6. The van der Waals surface area contributed by atoms with Crippen molar-refractivity contribution in [3.05, 3.63) is 22.8 Å². The van der Waals surface area contributed by atoms with Crippen LogP contribution < -0.4 is 5.32 Å². The number of halogens is 1. The Bertz CT molecular complexity index is 466. The lowest BCUT2D eigenvalue weighted by molar-refractivity contribution is 0.232. The number of pyridine rings is 1. The van der Waals surface area contributed by atoms with Crippen LogP contribution in [0.5, 0.6) is 0 Å². The van der Waals surface area contributed by atoms with Crippen molar-refractivity contribution in [3.63, 3.8) is 0 Å². The molecule has 0 aromatic carbocycles. The van der Waals surface area contributed by atoms with E-state index in [0.717, 1.165) is 12.8 Å². The van der Waals surface area contributed by atoms with Crippen molar-refractivity contribution in [2.24, 2.45) is 5.41 Å². The molecule has 0 amide bonds. The Morgan fingerprint density at radius 1 is 1.39 bits per heavy atom. The third kappa shape index (κ3) is 3.36. The summed E-state index contributed by atoms with van der Waals surface area (Å²) in [6.45, 7) is 4.63. The van der Waals surface area contributed by atoms with Crippen LogP contribution in [0.4, 0.5) is 5.82 Å². The van der Waals surface area contributed by atoms with Gasteiger partial charge < -0.3 is 5.32 Å². The Morgan fingerprint density at radius 3 is 2.67 bits per heavy atom. The van der Waals surface area contributed by atoms with Gasteiger partial charge in [-0.05, 0) is 43.2 Å². The minimum absolute atomic E-state index is 0.368. The van der Waals surface area contributed by atoms with Gasteiger partial charge in [-0.3, -0.25) is 0 Å². The Labute approximate surface area is 113 Å². The van der Waals surface area contributed by atoms with Gasteiger partial charge in [0.1, 0.15) is 11.0 Å². The van der Waals surface area contributed by atoms with E-state index in [1.165, 1.54) is 12.8 Å². The van der Waals surface area contributed by atoms with E-state index < -0.39 is 0 Å². The molecular weight excluding hydrogens is 246 g/mol. The van der Waals surface area contributed by atoms with E-state index in [1.54, 1.807) is 12.1 Å². The Kier molecular flexibility index (Phi) is 3.77. The normalized spacial score (nSPS) is 19.2. The van der Waals surface area contributed by atoms with Crippen LogP contribution in [0, 0.1) is 16.7 Å². The lowest BCUT2D eigenvalue weighted by Gasteiger charge is -2.34. The molecule has 96 valence electrons. The van der Waals surface area contributed by atoms with E-state index in [2.05, 4.69) is 30.2 Å². The van der Waals surface area contributed by atoms with Crippen LogP contribution in [0.2, 0.25) is 5.15 Å². The van der Waals surface area contributed by atoms with Crippen molar-refractivity contribution in [1.82, 2.24) is 4.98 Å². The molecule has 0 aliphatic heterocycles. The Balaban J connectivity index is 2.02. The smallest absolute Gasteiger partial charge is 0.132 e. The molecule has 3 nitrogen and oxygen atoms in total. The van der Waals surface area contributed by atoms with Crippen LogP contribution in [0.25, 0.3) is 0 Å². The van der Waals surface area contributed by atoms with Crippen molar-refractivity contribution in [2.45, 2.75) is 45.6 Å². The number of rotatable bonds is 2. The molecule has 1 aromatic rings. The van der Waals surface area contributed by atoms with Gasteiger partial charge in [-0.1, -0.05) is 25.4 Å². The second kappa shape index (κ2) is 5.16. The van der Waals surface area contributed by atoms with Crippen LogP contribution in [0.1, 0.15) is 45.1 Å². The highest BCUT2D eigenvalue weighted by molar-refractivity contribution is 6.29. The van der Waals surface area contributed by atoms with Gasteiger partial charge in [0.2, 0.25) is 0 Å². The molecule has 1 saturated carbocycles. The van der Waals surface area contributed by atoms with E-state index in [0.29, 0.717) is 28.0 Å². The van der Waals surface area contributed by atoms with Gasteiger partial charge in [-0.25, -0.2) is 4.98 Å². The molecule has 2 rings (SSSR count). The maximum atomic E-state index is 8.90. The average Bonchev–Trinajstić information content (AvgIpc) is 2.31. The average molecular weight is 264 g/mol. The molecule has 18 heavy (non-hydrogen) atoms. The minimum Gasteiger partial charge on any atom is -0.367 e. The highest BCUT2D eigenvalue weighted by Crippen LogP contribution is 2.36. The summed E-state index contributed by atoms with van der Waals surface area (Å²) in [5, 5.41) is 12.7. The summed E-state index contributed by atoms with van der Waals surface area (Å²) < 4.78 is 0. The number of hydrogen-bond acceptors (Lipinski definition) is 3. The summed E-state index contributed by atoms with van der Waals surface area (Å²) in [4.78, 5) is 4.22. The standard InChI is InChI=1S/C14H18ClN3/c1-14(2)5-3-11(4-6-14)17-13-8-10(9-16)7-12(15)18-13/h7-8,11H,3-6H2,1-2H3,(H,17,18). The number of aromatic nitrogens is 1. The van der Waals surface area contributed by atoms with E-state index in [4.69, 9.17) is 16.9 Å². The molecule has 0 spiro atoms. The van der Waals surface area contributed by atoms with E-state index >= 15 is 0 Å². The molecule has 1 aliphatic carbocycles. The third-order valence-corrected chi connectivity index (χ3v) is 3.81. The lowest BCUT2D eigenvalue weighted by Crippen LogP contribution is -2.30. The maximum absolute atomic E-state index is 8.90. The number of nitrogens with one attached hydrogen (secondary N) is 1. The van der Waals surface area contributed by atoms with Crippen LogP contribution >= 0.6 is 11.6 Å². The van der Waals surface area contributed by atoms with Gasteiger partial charge in [0, 0.05) is 6.04 Å². The Morgan fingerprint density at radius 2 is 2.06 bits per heavy atom. The van der Waals surface area contributed by atoms with Crippen molar-refractivity contribution in [3.8, 4) is 6.07 Å². The first-order valence-electron chi connectivity index (χ1n) is 6.33. The molecule has 0 bridgehead atoms. The van der Waals surface area contributed by atoms with Gasteiger partial charge in [0.05, 0.1) is 11.6 Å². The molecule has 1 aliphatic rings. The second-order valence-corrected chi connectivity index (χ2v) is 6.15. The highest BCUT2D eigenvalue weighted by Gasteiger charge is 2.26. The van der Waals surface area contributed by atoms with Crippen LogP contribution in [-0.4, -0.2) is 11.0 Å². The molecule has 1 aromatic heterocycles. The SMILES string of the molecule is CC1(C)CCC(Nc2cc(C#N)cc(Cl)n2)CC1. The van der Waals surface area contributed by atoms with Gasteiger partial charge >= 0.3 is 0 Å². The summed E-state index contributed by atoms with van der Waals surface area (Å²) in [6.07, 6.45) is 4.72. The van der Waals surface area contributed by atoms with Gasteiger partial charge in [-0.2, -0.15) is 5.26 Å². The highest BCUT2D eigenvalue weighted by atomic mass is 35.5. The molecule has 0 saturated heterocycles. The molecule has 1 N–H and O–H groups in total. The van der Waals surface area contributed by atoms with E-state index in [-0.39, 0.29) is 0 Å². The minimum atomic E-state index is 0.368. The molecule has 0 radical (unpaired) electrons. The fourth-order valence-electron chi connectivity index (χ4n) is 2.39. The summed E-state index contributed by atoms with van der Waals surface area (Å²) in [5.74, 6) is 0.712. The Hall–Kier alpha value is -1.27. The number of nitriles is 1. The van der Waals surface area contributed by atoms with Crippen molar-refractivity contribution in [1.29, 1.82) is 5.26 Å². The molecule has 4 heteroatoms. The molecule has 0 unspecified atom stereocenters. The number of nitrogens with zero attached hydrogens (tertiary/aromatic N) is 2. The van der Waals surface area contributed by atoms with Gasteiger partial charge in [0.15, 0.2) is 0 Å². The second-order valence-electron chi connectivity index (χ2n) is 5.76. The van der Waals surface area contributed by atoms with Crippen molar-refractivity contribution < 1.29 is 0 Å². The first-order chi connectivity index (χ1) is 8.48. The monoisotopic (exact) mass is 263 g/mol. The fraction of sp³-hybridized carbons (Fsp3) is 0.571. The van der Waals surface area contributed by atoms with Crippen LogP contribution in [0.15, 0.2) is 12.1 Å². The molecule has 0 atom stereocenters. The summed E-state index contributed by atoms with van der Waals surface area (Å²) in [7, 11) is 0. The van der Waals surface area contributed by atoms with Gasteiger partial charge in [-0.15, -0.1) is 0 Å². The lowest BCUT2D eigenvalue weighted by atomic mass is 9.75. The van der Waals surface area contributed by atoms with Crippen LogP contribution in [0.3, 0.4) is 0 Å². The predicted octanol–water partition coefficient (Wildman–Crippen LogP) is 3.99. The fourth-order valence-corrected chi connectivity index (χ4v) is 2.60. The van der Waals surface area contributed by atoms with Gasteiger partial charge in [0.25, 0.3) is 0 Å². The van der Waals surface area contributed by atoms with Crippen molar-refractivity contribution in [2.75, 3.05) is 5.32 Å². The summed E-state index contributed by atoms with van der Waals surface area (Å²) in [6, 6.07) is 5.87. The summed E-state index contributed by atoms with van der Waals surface area (Å²) >= 11 is 5.89. The first-order valence-corrected chi connectivity index (χ1v) is 6.70. The zero-order chi connectivity index (χ0) is 13.2. The predicted molar refractivity (Wildman–Crippen MR) is 73.6 cm³/mol. The van der Waals surface area contributed by atoms with E-state index in [1.807, 2.05) is 0 Å². The quantitative estimate of drug-likeness (QED) is 0.821. The maximum Gasteiger partial charge on any atom is 0.132 e. The van der Waals surface area contributed by atoms with Crippen molar-refractivity contribution >= 4 is 17.4 Å². The largest absolute Gasteiger partial charge is 0.367 e. The topological polar surface area (TPSA) is 48.7 Å². The number of hydrogen-bond donors (Lipinski definition) is 1. The van der Waals surface area contributed by atoms with E-state index in [9.17, 15) is 0 Å². The zero-order valence-electron chi connectivity index (χ0n) is 10.8. The summed E-state index contributed by atoms with van der Waals surface area (Å²) in [5.41, 5.74) is 1.01. The third-order valence-electron chi connectivity index (χ3n) is 3.61. The number of anilines is 1.